The predicted octanol–water partition coefficient (Wildman–Crippen LogP) is 0.615. The summed E-state index contributed by atoms with van der Waals surface area (Å²) in [6.45, 7) is 0.279. The van der Waals surface area contributed by atoms with Crippen LogP contribution < -0.4 is 11.1 Å². The number of amides is 1. The fourth-order valence-electron chi connectivity index (χ4n) is 1.70. The smallest absolute Gasteiger partial charge is 0.274 e. The zero-order chi connectivity index (χ0) is 13.1. The van der Waals surface area contributed by atoms with Gasteiger partial charge < -0.3 is 20.3 Å². The number of carbonyl (C=O) groups is 1. The average Bonchev–Trinajstić information content (AvgIpc) is 3.05. The van der Waals surface area contributed by atoms with E-state index in [1.807, 2.05) is 0 Å². The molecule has 7 heteroatoms. The van der Waals surface area contributed by atoms with Gasteiger partial charge in [-0.3, -0.25) is 4.79 Å². The van der Waals surface area contributed by atoms with Gasteiger partial charge in [0.15, 0.2) is 11.5 Å². The van der Waals surface area contributed by atoms with Crippen LogP contribution in [0.15, 0.2) is 10.6 Å². The molecular weight excluding hydrogens is 254 g/mol. The van der Waals surface area contributed by atoms with Gasteiger partial charge in [-0.25, -0.2) is 0 Å². The molecule has 0 saturated heterocycles. The summed E-state index contributed by atoms with van der Waals surface area (Å²) in [5.41, 5.74) is 5.82. The highest BCUT2D eigenvalue weighted by molar-refractivity contribution is 7.80. The summed E-state index contributed by atoms with van der Waals surface area (Å²) in [4.78, 5) is 12.2. The van der Waals surface area contributed by atoms with Crippen LogP contribution in [-0.2, 0) is 11.3 Å². The summed E-state index contributed by atoms with van der Waals surface area (Å²) in [6.07, 6.45) is 2.08. The molecule has 98 valence electrons. The Bertz CT molecular complexity index is 456. The van der Waals surface area contributed by atoms with Crippen molar-refractivity contribution in [2.75, 3.05) is 7.11 Å². The van der Waals surface area contributed by atoms with Crippen LogP contribution in [0, 0.1) is 5.92 Å². The first kappa shape index (κ1) is 13.0. The van der Waals surface area contributed by atoms with Crippen molar-refractivity contribution in [3.05, 3.63) is 17.5 Å². The molecule has 0 aromatic carbocycles. The van der Waals surface area contributed by atoms with Crippen molar-refractivity contribution in [2.45, 2.75) is 25.5 Å². The van der Waals surface area contributed by atoms with Crippen molar-refractivity contribution >= 4 is 23.1 Å². The van der Waals surface area contributed by atoms with Crippen molar-refractivity contribution < 1.29 is 14.1 Å². The van der Waals surface area contributed by atoms with Crippen molar-refractivity contribution in [3.8, 4) is 0 Å². The standard InChI is InChI=1S/C11H15N3O3S/c1-16-5-7-4-8(14-17-7)11(15)13-9(10(12)18)6-2-3-6/h4,6,9H,2-3,5H2,1H3,(H2,12,18)(H,13,15). The quantitative estimate of drug-likeness (QED) is 0.736. The fraction of sp³-hybridized carbons (Fsp3) is 0.545. The predicted molar refractivity (Wildman–Crippen MR) is 68.0 cm³/mol. The van der Waals surface area contributed by atoms with Crippen LogP contribution in [0.2, 0.25) is 0 Å². The topological polar surface area (TPSA) is 90.4 Å². The molecule has 1 amide bonds. The van der Waals surface area contributed by atoms with Gasteiger partial charge in [0.25, 0.3) is 5.91 Å². The van der Waals surface area contributed by atoms with Crippen molar-refractivity contribution in [1.82, 2.24) is 10.5 Å². The normalized spacial score (nSPS) is 16.3. The molecular formula is C11H15N3O3S. The maximum absolute atomic E-state index is 11.9. The van der Waals surface area contributed by atoms with E-state index >= 15 is 0 Å². The van der Waals surface area contributed by atoms with Gasteiger partial charge in [-0.1, -0.05) is 17.4 Å². The highest BCUT2D eigenvalue weighted by atomic mass is 32.1. The minimum absolute atomic E-state index is 0.212. The zero-order valence-electron chi connectivity index (χ0n) is 10.0. The lowest BCUT2D eigenvalue weighted by atomic mass is 10.2. The van der Waals surface area contributed by atoms with Crippen molar-refractivity contribution in [2.24, 2.45) is 11.7 Å². The van der Waals surface area contributed by atoms with Crippen LogP contribution in [0.1, 0.15) is 29.1 Å². The van der Waals surface area contributed by atoms with Crippen LogP contribution in [-0.4, -0.2) is 29.2 Å². The summed E-state index contributed by atoms with van der Waals surface area (Å²) < 4.78 is 9.83. The van der Waals surface area contributed by atoms with Gasteiger partial charge in [-0.15, -0.1) is 0 Å². The Morgan fingerprint density at radius 1 is 1.78 bits per heavy atom. The van der Waals surface area contributed by atoms with Gasteiger partial charge in [-0.2, -0.15) is 0 Å². The highest BCUT2D eigenvalue weighted by Crippen LogP contribution is 2.32. The van der Waals surface area contributed by atoms with E-state index in [0.29, 0.717) is 16.7 Å². The second-order valence-corrected chi connectivity index (χ2v) is 4.77. The van der Waals surface area contributed by atoms with Gasteiger partial charge in [0.2, 0.25) is 0 Å². The third-order valence-electron chi connectivity index (χ3n) is 2.76. The lowest BCUT2D eigenvalue weighted by molar-refractivity contribution is 0.0934. The van der Waals surface area contributed by atoms with Gasteiger partial charge >= 0.3 is 0 Å². The Morgan fingerprint density at radius 2 is 2.50 bits per heavy atom. The summed E-state index contributed by atoms with van der Waals surface area (Å²) in [5, 5.41) is 6.46. The Hall–Kier alpha value is -1.47. The molecule has 3 N–H and O–H groups in total. The van der Waals surface area contributed by atoms with Crippen LogP contribution in [0.4, 0.5) is 0 Å². The summed E-state index contributed by atoms with van der Waals surface area (Å²) >= 11 is 4.95. The van der Waals surface area contributed by atoms with E-state index in [2.05, 4.69) is 10.5 Å². The number of aromatic nitrogens is 1. The number of hydrogen-bond acceptors (Lipinski definition) is 5. The Balaban J connectivity index is 1.99. The minimum atomic E-state index is -0.328. The summed E-state index contributed by atoms with van der Waals surface area (Å²) in [6, 6.07) is 1.29. The molecule has 1 aromatic heterocycles. The third-order valence-corrected chi connectivity index (χ3v) is 3.02. The fourth-order valence-corrected chi connectivity index (χ4v) is 1.95. The molecule has 1 fully saturated rings. The van der Waals surface area contributed by atoms with E-state index in [0.717, 1.165) is 12.8 Å². The number of hydrogen-bond donors (Lipinski definition) is 2. The molecule has 0 bridgehead atoms. The molecule has 1 saturated carbocycles. The SMILES string of the molecule is COCc1cc(C(=O)NC(C(N)=S)C2CC2)no1. The number of thiocarbonyl (C=S) groups is 1. The van der Waals surface area contributed by atoms with Crippen LogP contribution in [0.3, 0.4) is 0 Å². The molecule has 1 atom stereocenters. The van der Waals surface area contributed by atoms with E-state index in [4.69, 9.17) is 27.2 Å². The molecule has 1 unspecified atom stereocenters. The van der Waals surface area contributed by atoms with E-state index in [1.165, 1.54) is 7.11 Å². The van der Waals surface area contributed by atoms with E-state index in [1.54, 1.807) is 6.07 Å². The van der Waals surface area contributed by atoms with E-state index < -0.39 is 0 Å². The molecule has 1 aliphatic rings. The lowest BCUT2D eigenvalue weighted by Gasteiger charge is -2.15. The van der Waals surface area contributed by atoms with Crippen LogP contribution in [0.25, 0.3) is 0 Å². The number of ether oxygens (including phenoxy) is 1. The first-order valence-electron chi connectivity index (χ1n) is 5.66. The summed E-state index contributed by atoms with van der Waals surface area (Å²) in [5.74, 6) is 0.531. The second kappa shape index (κ2) is 5.45. The Morgan fingerprint density at radius 3 is 3.06 bits per heavy atom. The maximum atomic E-state index is 11.9. The number of nitrogens with one attached hydrogen (secondary N) is 1. The number of methoxy groups -OCH3 is 1. The van der Waals surface area contributed by atoms with Crippen LogP contribution >= 0.6 is 12.2 Å². The molecule has 2 rings (SSSR count). The van der Waals surface area contributed by atoms with Gasteiger partial charge in [-0.05, 0) is 18.8 Å². The molecule has 0 radical (unpaired) electrons. The molecule has 0 spiro atoms. The molecule has 18 heavy (non-hydrogen) atoms. The monoisotopic (exact) mass is 269 g/mol. The summed E-state index contributed by atoms with van der Waals surface area (Å²) in [7, 11) is 1.54. The van der Waals surface area contributed by atoms with Gasteiger partial charge in [0.05, 0.1) is 11.0 Å². The Kier molecular flexibility index (Phi) is 3.93. The number of carbonyl (C=O) groups excluding carboxylic acids is 1. The number of nitrogens with two attached hydrogens (primary N) is 1. The first-order valence-corrected chi connectivity index (χ1v) is 6.07. The van der Waals surface area contributed by atoms with E-state index in [-0.39, 0.29) is 24.2 Å². The van der Waals surface area contributed by atoms with Crippen LogP contribution in [0.5, 0.6) is 0 Å². The number of nitrogens with zero attached hydrogens (tertiary/aromatic N) is 1. The number of rotatable bonds is 6. The second-order valence-electron chi connectivity index (χ2n) is 4.30. The lowest BCUT2D eigenvalue weighted by Crippen LogP contribution is -2.45. The van der Waals surface area contributed by atoms with Gasteiger partial charge in [0.1, 0.15) is 6.61 Å². The first-order chi connectivity index (χ1) is 8.61. The minimum Gasteiger partial charge on any atom is -0.392 e. The third kappa shape index (κ3) is 3.05. The van der Waals surface area contributed by atoms with Gasteiger partial charge in [0, 0.05) is 13.2 Å². The molecule has 1 heterocycles. The Labute approximate surface area is 110 Å². The zero-order valence-corrected chi connectivity index (χ0v) is 10.8. The molecule has 1 aromatic rings. The largest absolute Gasteiger partial charge is 0.392 e. The average molecular weight is 269 g/mol. The maximum Gasteiger partial charge on any atom is 0.274 e. The molecule has 1 aliphatic carbocycles. The highest BCUT2D eigenvalue weighted by Gasteiger charge is 2.34. The van der Waals surface area contributed by atoms with Crippen molar-refractivity contribution in [3.63, 3.8) is 0 Å². The van der Waals surface area contributed by atoms with Crippen molar-refractivity contribution in [1.29, 1.82) is 0 Å². The molecule has 0 aliphatic heterocycles. The van der Waals surface area contributed by atoms with E-state index in [9.17, 15) is 4.79 Å². The molecule has 6 nitrogen and oxygen atoms in total.